The molecule has 1 aromatic carbocycles. The van der Waals surface area contributed by atoms with Gasteiger partial charge < -0.3 is 4.74 Å². The van der Waals surface area contributed by atoms with E-state index in [0.29, 0.717) is 10.7 Å². The first-order chi connectivity index (χ1) is 9.02. The van der Waals surface area contributed by atoms with E-state index >= 15 is 0 Å². The van der Waals surface area contributed by atoms with Crippen molar-refractivity contribution in [3.63, 3.8) is 0 Å². The van der Waals surface area contributed by atoms with Gasteiger partial charge in [0.2, 0.25) is 5.91 Å². The van der Waals surface area contributed by atoms with Gasteiger partial charge in [-0.3, -0.25) is 9.59 Å². The van der Waals surface area contributed by atoms with Gasteiger partial charge in [0, 0.05) is 23.1 Å². The van der Waals surface area contributed by atoms with E-state index in [1.54, 1.807) is 19.1 Å². The minimum atomic E-state index is -0.510. The molecule has 1 aromatic rings. The zero-order valence-corrected chi connectivity index (χ0v) is 11.5. The Balaban J connectivity index is 2.40. The average Bonchev–Trinajstić information content (AvgIpc) is 2.38. The fraction of sp³-hybridized carbons (Fsp3) is 0.357. The van der Waals surface area contributed by atoms with E-state index in [9.17, 15) is 9.59 Å². The molecule has 0 fully saturated rings. The standard InChI is InChI=1S/C14H14ClNO3/c1-8-13(14(18)19-2)11(7-12(17)16-8)9-3-5-10(15)6-4-9/h3-6,11,13H,7H2,1-2H3. The maximum absolute atomic E-state index is 11.9. The Labute approximate surface area is 116 Å². The summed E-state index contributed by atoms with van der Waals surface area (Å²) in [5.41, 5.74) is 1.39. The van der Waals surface area contributed by atoms with Gasteiger partial charge in [0.1, 0.15) is 5.92 Å². The Morgan fingerprint density at radius 2 is 2.00 bits per heavy atom. The fourth-order valence-electron chi connectivity index (χ4n) is 2.39. The molecule has 0 aromatic heterocycles. The van der Waals surface area contributed by atoms with Crippen LogP contribution in [-0.4, -0.2) is 24.7 Å². The Morgan fingerprint density at radius 1 is 1.37 bits per heavy atom. The average molecular weight is 280 g/mol. The van der Waals surface area contributed by atoms with E-state index in [0.717, 1.165) is 5.56 Å². The van der Waals surface area contributed by atoms with Crippen LogP contribution in [0.1, 0.15) is 24.8 Å². The van der Waals surface area contributed by atoms with Crippen molar-refractivity contribution in [1.29, 1.82) is 0 Å². The summed E-state index contributed by atoms with van der Waals surface area (Å²) in [7, 11) is 1.34. The molecule has 1 amide bonds. The normalized spacial score (nSPS) is 22.9. The predicted molar refractivity (Wildman–Crippen MR) is 72.4 cm³/mol. The van der Waals surface area contributed by atoms with Crippen LogP contribution in [0.2, 0.25) is 5.02 Å². The largest absolute Gasteiger partial charge is 0.468 e. The molecule has 1 aliphatic rings. The maximum Gasteiger partial charge on any atom is 0.315 e. The van der Waals surface area contributed by atoms with Crippen LogP contribution in [0.5, 0.6) is 0 Å². The number of hydrogen-bond donors (Lipinski definition) is 0. The molecule has 0 saturated carbocycles. The molecule has 100 valence electrons. The van der Waals surface area contributed by atoms with Crippen molar-refractivity contribution in [1.82, 2.24) is 0 Å². The molecule has 2 atom stereocenters. The van der Waals surface area contributed by atoms with Gasteiger partial charge in [0.25, 0.3) is 0 Å². The molecule has 5 heteroatoms. The molecular formula is C14H14ClNO3. The Morgan fingerprint density at radius 3 is 2.58 bits per heavy atom. The number of esters is 1. The first-order valence-electron chi connectivity index (χ1n) is 5.94. The van der Waals surface area contributed by atoms with Crippen LogP contribution in [0.15, 0.2) is 29.3 Å². The number of carbonyl (C=O) groups is 2. The van der Waals surface area contributed by atoms with Crippen LogP contribution in [-0.2, 0) is 14.3 Å². The number of benzene rings is 1. The van der Waals surface area contributed by atoms with E-state index in [1.807, 2.05) is 12.1 Å². The second kappa shape index (κ2) is 5.53. The third-order valence-corrected chi connectivity index (χ3v) is 3.55. The molecule has 2 unspecified atom stereocenters. The topological polar surface area (TPSA) is 55.7 Å². The van der Waals surface area contributed by atoms with E-state index in [2.05, 4.69) is 4.99 Å². The van der Waals surface area contributed by atoms with Crippen molar-refractivity contribution in [2.75, 3.05) is 7.11 Å². The number of amides is 1. The lowest BCUT2D eigenvalue weighted by Crippen LogP contribution is -2.34. The summed E-state index contributed by atoms with van der Waals surface area (Å²) < 4.78 is 4.81. The molecule has 0 bridgehead atoms. The van der Waals surface area contributed by atoms with Crippen molar-refractivity contribution in [2.45, 2.75) is 19.3 Å². The van der Waals surface area contributed by atoms with E-state index in [1.165, 1.54) is 7.11 Å². The molecule has 1 aliphatic heterocycles. The third kappa shape index (κ3) is 2.84. The van der Waals surface area contributed by atoms with Crippen molar-refractivity contribution in [2.24, 2.45) is 10.9 Å². The zero-order valence-electron chi connectivity index (χ0n) is 10.7. The number of ether oxygens (including phenoxy) is 1. The molecule has 4 nitrogen and oxygen atoms in total. The molecule has 19 heavy (non-hydrogen) atoms. The lowest BCUT2D eigenvalue weighted by Gasteiger charge is -2.27. The molecule has 0 spiro atoms. The highest BCUT2D eigenvalue weighted by atomic mass is 35.5. The van der Waals surface area contributed by atoms with E-state index in [-0.39, 0.29) is 24.2 Å². The smallest absolute Gasteiger partial charge is 0.315 e. The molecular weight excluding hydrogens is 266 g/mol. The summed E-state index contributed by atoms with van der Waals surface area (Å²) >= 11 is 5.85. The minimum absolute atomic E-state index is 0.207. The summed E-state index contributed by atoms with van der Waals surface area (Å²) in [6.07, 6.45) is 0.207. The van der Waals surface area contributed by atoms with Gasteiger partial charge in [0.15, 0.2) is 0 Å². The highest BCUT2D eigenvalue weighted by molar-refractivity contribution is 6.30. The summed E-state index contributed by atoms with van der Waals surface area (Å²) in [4.78, 5) is 27.4. The molecule has 0 saturated heterocycles. The van der Waals surface area contributed by atoms with Gasteiger partial charge in [-0.25, -0.2) is 4.99 Å². The SMILES string of the molecule is COC(=O)C1C(C)=NC(=O)CC1c1ccc(Cl)cc1. The Hall–Kier alpha value is -1.68. The van der Waals surface area contributed by atoms with Gasteiger partial charge in [-0.05, 0) is 24.6 Å². The highest BCUT2D eigenvalue weighted by Crippen LogP contribution is 2.34. The van der Waals surface area contributed by atoms with Crippen molar-refractivity contribution in [3.8, 4) is 0 Å². The molecule has 0 N–H and O–H groups in total. The van der Waals surface area contributed by atoms with Crippen LogP contribution in [0.3, 0.4) is 0 Å². The summed E-state index contributed by atoms with van der Waals surface area (Å²) in [6, 6.07) is 7.15. The number of rotatable bonds is 2. The maximum atomic E-state index is 11.9. The number of hydrogen-bond acceptors (Lipinski definition) is 3. The summed E-state index contributed by atoms with van der Waals surface area (Å²) in [5, 5.41) is 0.617. The van der Waals surface area contributed by atoms with Gasteiger partial charge in [-0.1, -0.05) is 23.7 Å². The quantitative estimate of drug-likeness (QED) is 0.782. The number of nitrogens with zero attached hydrogens (tertiary/aromatic N) is 1. The van der Waals surface area contributed by atoms with Crippen molar-refractivity contribution in [3.05, 3.63) is 34.9 Å². The first-order valence-corrected chi connectivity index (χ1v) is 6.32. The minimum Gasteiger partial charge on any atom is -0.468 e. The van der Waals surface area contributed by atoms with Gasteiger partial charge >= 0.3 is 5.97 Å². The fourth-order valence-corrected chi connectivity index (χ4v) is 2.52. The second-order valence-corrected chi connectivity index (χ2v) is 4.95. The first kappa shape index (κ1) is 13.7. The lowest BCUT2D eigenvalue weighted by atomic mass is 9.79. The van der Waals surface area contributed by atoms with Crippen LogP contribution in [0.4, 0.5) is 0 Å². The van der Waals surface area contributed by atoms with Crippen LogP contribution in [0.25, 0.3) is 0 Å². The van der Waals surface area contributed by atoms with Crippen LogP contribution >= 0.6 is 11.6 Å². The number of aliphatic imine (C=N–C) groups is 1. The number of methoxy groups -OCH3 is 1. The van der Waals surface area contributed by atoms with Gasteiger partial charge in [-0.15, -0.1) is 0 Å². The lowest BCUT2D eigenvalue weighted by molar-refractivity contribution is -0.144. The Kier molecular flexibility index (Phi) is 4.00. The van der Waals surface area contributed by atoms with Gasteiger partial charge in [-0.2, -0.15) is 0 Å². The summed E-state index contributed by atoms with van der Waals surface area (Å²) in [5.74, 6) is -1.33. The van der Waals surface area contributed by atoms with Gasteiger partial charge in [0.05, 0.1) is 7.11 Å². The van der Waals surface area contributed by atoms with E-state index in [4.69, 9.17) is 16.3 Å². The highest BCUT2D eigenvalue weighted by Gasteiger charge is 2.37. The number of carbonyl (C=O) groups excluding carboxylic acids is 2. The van der Waals surface area contributed by atoms with Crippen molar-refractivity contribution < 1.29 is 14.3 Å². The Bertz CT molecular complexity index is 536. The summed E-state index contributed by atoms with van der Waals surface area (Å²) in [6.45, 7) is 1.68. The molecule has 0 aliphatic carbocycles. The third-order valence-electron chi connectivity index (χ3n) is 3.30. The molecule has 0 radical (unpaired) electrons. The zero-order chi connectivity index (χ0) is 14.0. The van der Waals surface area contributed by atoms with E-state index < -0.39 is 5.92 Å². The second-order valence-electron chi connectivity index (χ2n) is 4.51. The van der Waals surface area contributed by atoms with Crippen LogP contribution < -0.4 is 0 Å². The van der Waals surface area contributed by atoms with Crippen LogP contribution in [0, 0.1) is 5.92 Å². The monoisotopic (exact) mass is 279 g/mol. The molecule has 1 heterocycles. The van der Waals surface area contributed by atoms with Crippen molar-refractivity contribution >= 4 is 29.2 Å². The molecule has 2 rings (SSSR count). The predicted octanol–water partition coefficient (Wildman–Crippen LogP) is 2.60. The number of halogens is 1.